The lowest BCUT2D eigenvalue weighted by molar-refractivity contribution is 0.420. The van der Waals surface area contributed by atoms with Gasteiger partial charge in [0, 0.05) is 12.3 Å². The van der Waals surface area contributed by atoms with Crippen LogP contribution in [0.1, 0.15) is 19.8 Å². The van der Waals surface area contributed by atoms with Crippen molar-refractivity contribution < 1.29 is 8.42 Å². The summed E-state index contributed by atoms with van der Waals surface area (Å²) in [6.07, 6.45) is 2.86. The Kier molecular flexibility index (Phi) is 2.54. The molecule has 0 aromatic heterocycles. The van der Waals surface area contributed by atoms with Crippen LogP contribution in [0.4, 0.5) is 0 Å². The van der Waals surface area contributed by atoms with Gasteiger partial charge in [0.1, 0.15) is 9.84 Å². The van der Waals surface area contributed by atoms with E-state index in [1.807, 2.05) is 6.92 Å². The SMILES string of the molecule is CC1CC(S(C)(=O)=O)CCN1. The summed E-state index contributed by atoms with van der Waals surface area (Å²) in [5, 5.41) is 3.11. The smallest absolute Gasteiger partial charge is 0.150 e. The quantitative estimate of drug-likeness (QED) is 0.621. The molecule has 1 rings (SSSR count). The standard InChI is InChI=1S/C7H15NO2S/c1-6-5-7(3-4-8-6)11(2,9)10/h6-8H,3-5H2,1-2H3. The number of piperidine rings is 1. The van der Waals surface area contributed by atoms with Crippen LogP contribution in [-0.2, 0) is 9.84 Å². The molecule has 66 valence electrons. The molecule has 1 N–H and O–H groups in total. The lowest BCUT2D eigenvalue weighted by Gasteiger charge is -2.26. The van der Waals surface area contributed by atoms with Crippen LogP contribution in [0.25, 0.3) is 0 Å². The van der Waals surface area contributed by atoms with Gasteiger partial charge in [0.25, 0.3) is 0 Å². The average molecular weight is 177 g/mol. The Morgan fingerprint density at radius 3 is 2.45 bits per heavy atom. The van der Waals surface area contributed by atoms with E-state index in [4.69, 9.17) is 0 Å². The Morgan fingerprint density at radius 2 is 2.09 bits per heavy atom. The van der Waals surface area contributed by atoms with Gasteiger partial charge in [-0.25, -0.2) is 8.42 Å². The second kappa shape index (κ2) is 3.11. The molecule has 3 nitrogen and oxygen atoms in total. The van der Waals surface area contributed by atoms with Gasteiger partial charge in [-0.2, -0.15) is 0 Å². The Hall–Kier alpha value is -0.0900. The molecule has 2 atom stereocenters. The van der Waals surface area contributed by atoms with E-state index in [9.17, 15) is 8.42 Å². The van der Waals surface area contributed by atoms with Crippen molar-refractivity contribution in [2.45, 2.75) is 31.1 Å². The van der Waals surface area contributed by atoms with E-state index in [0.717, 1.165) is 19.4 Å². The summed E-state index contributed by atoms with van der Waals surface area (Å²) < 4.78 is 22.2. The van der Waals surface area contributed by atoms with Crippen LogP contribution in [0.15, 0.2) is 0 Å². The van der Waals surface area contributed by atoms with E-state index >= 15 is 0 Å². The summed E-state index contributed by atoms with van der Waals surface area (Å²) in [4.78, 5) is 0. The summed E-state index contributed by atoms with van der Waals surface area (Å²) >= 11 is 0. The topological polar surface area (TPSA) is 46.2 Å². The molecule has 11 heavy (non-hydrogen) atoms. The van der Waals surface area contributed by atoms with E-state index < -0.39 is 9.84 Å². The molecule has 0 spiro atoms. The zero-order valence-electron chi connectivity index (χ0n) is 7.00. The second-order valence-electron chi connectivity index (χ2n) is 3.33. The molecular weight excluding hydrogens is 162 g/mol. The first-order chi connectivity index (χ1) is 5.00. The Morgan fingerprint density at radius 1 is 1.45 bits per heavy atom. The van der Waals surface area contributed by atoms with Crippen LogP contribution < -0.4 is 5.32 Å². The van der Waals surface area contributed by atoms with Crippen molar-refractivity contribution in [3.8, 4) is 0 Å². The molecule has 1 aliphatic rings. The predicted molar refractivity (Wildman–Crippen MR) is 45.3 cm³/mol. The van der Waals surface area contributed by atoms with E-state index in [2.05, 4.69) is 5.32 Å². The van der Waals surface area contributed by atoms with Crippen LogP contribution in [0.2, 0.25) is 0 Å². The Labute approximate surface area is 68.1 Å². The highest BCUT2D eigenvalue weighted by Crippen LogP contribution is 2.15. The van der Waals surface area contributed by atoms with Crippen LogP contribution in [-0.4, -0.2) is 32.5 Å². The fourth-order valence-corrected chi connectivity index (χ4v) is 2.66. The third kappa shape index (κ3) is 2.45. The molecule has 2 unspecified atom stereocenters. The molecule has 0 aromatic carbocycles. The number of hydrogen-bond acceptors (Lipinski definition) is 3. The molecule has 1 fully saturated rings. The summed E-state index contributed by atoms with van der Waals surface area (Å²) in [6.45, 7) is 2.86. The van der Waals surface area contributed by atoms with Crippen molar-refractivity contribution in [2.75, 3.05) is 12.8 Å². The van der Waals surface area contributed by atoms with E-state index in [-0.39, 0.29) is 5.25 Å². The van der Waals surface area contributed by atoms with Crippen molar-refractivity contribution in [3.63, 3.8) is 0 Å². The molecule has 0 aromatic rings. The number of rotatable bonds is 1. The molecule has 1 saturated heterocycles. The maximum Gasteiger partial charge on any atom is 0.150 e. The third-order valence-corrected chi connectivity index (χ3v) is 3.82. The first kappa shape index (κ1) is 9.00. The molecule has 0 saturated carbocycles. The van der Waals surface area contributed by atoms with Gasteiger partial charge in [-0.05, 0) is 26.3 Å². The molecule has 1 heterocycles. The second-order valence-corrected chi connectivity index (χ2v) is 5.66. The maximum atomic E-state index is 11.1. The van der Waals surface area contributed by atoms with Gasteiger partial charge in [0.15, 0.2) is 0 Å². The largest absolute Gasteiger partial charge is 0.314 e. The van der Waals surface area contributed by atoms with Crippen LogP contribution >= 0.6 is 0 Å². The molecule has 0 bridgehead atoms. The third-order valence-electron chi connectivity index (χ3n) is 2.18. The fraction of sp³-hybridized carbons (Fsp3) is 1.00. The number of nitrogens with one attached hydrogen (secondary N) is 1. The fourth-order valence-electron chi connectivity index (χ4n) is 1.48. The van der Waals surface area contributed by atoms with Gasteiger partial charge < -0.3 is 5.32 Å². The summed E-state index contributed by atoms with van der Waals surface area (Å²) in [5.41, 5.74) is 0. The Balaban J connectivity index is 2.60. The van der Waals surface area contributed by atoms with Gasteiger partial charge in [-0.3, -0.25) is 0 Å². The zero-order chi connectivity index (χ0) is 8.48. The maximum absolute atomic E-state index is 11.1. The van der Waals surface area contributed by atoms with Gasteiger partial charge in [-0.1, -0.05) is 0 Å². The predicted octanol–water partition coefficient (Wildman–Crippen LogP) is 0.172. The Bertz CT molecular complexity index is 223. The molecular formula is C7H15NO2S. The lowest BCUT2D eigenvalue weighted by atomic mass is 10.1. The monoisotopic (exact) mass is 177 g/mol. The van der Waals surface area contributed by atoms with E-state index in [1.54, 1.807) is 0 Å². The minimum atomic E-state index is -2.80. The first-order valence-electron chi connectivity index (χ1n) is 3.92. The summed E-state index contributed by atoms with van der Waals surface area (Å²) in [5.74, 6) is 0. The first-order valence-corrected chi connectivity index (χ1v) is 5.88. The van der Waals surface area contributed by atoms with Gasteiger partial charge in [-0.15, -0.1) is 0 Å². The van der Waals surface area contributed by atoms with Crippen molar-refractivity contribution >= 4 is 9.84 Å². The minimum absolute atomic E-state index is 0.112. The zero-order valence-corrected chi connectivity index (χ0v) is 7.82. The highest BCUT2D eigenvalue weighted by Gasteiger charge is 2.25. The highest BCUT2D eigenvalue weighted by molar-refractivity contribution is 7.91. The van der Waals surface area contributed by atoms with Gasteiger partial charge in [0.2, 0.25) is 0 Å². The normalized spacial score (nSPS) is 33.6. The van der Waals surface area contributed by atoms with Crippen LogP contribution in [0.3, 0.4) is 0 Å². The molecule has 1 aliphatic heterocycles. The van der Waals surface area contributed by atoms with E-state index in [0.29, 0.717) is 6.04 Å². The lowest BCUT2D eigenvalue weighted by Crippen LogP contribution is -2.41. The average Bonchev–Trinajstić information content (AvgIpc) is 1.86. The number of sulfone groups is 1. The van der Waals surface area contributed by atoms with Crippen LogP contribution in [0.5, 0.6) is 0 Å². The molecule has 0 aliphatic carbocycles. The van der Waals surface area contributed by atoms with E-state index in [1.165, 1.54) is 6.26 Å². The highest BCUT2D eigenvalue weighted by atomic mass is 32.2. The summed E-state index contributed by atoms with van der Waals surface area (Å²) in [7, 11) is -2.80. The molecule has 0 amide bonds. The molecule has 0 radical (unpaired) electrons. The van der Waals surface area contributed by atoms with Crippen LogP contribution in [0, 0.1) is 0 Å². The minimum Gasteiger partial charge on any atom is -0.314 e. The molecule has 4 heteroatoms. The number of hydrogen-bond donors (Lipinski definition) is 1. The van der Waals surface area contributed by atoms with Crippen molar-refractivity contribution in [1.82, 2.24) is 5.32 Å². The van der Waals surface area contributed by atoms with Crippen molar-refractivity contribution in [1.29, 1.82) is 0 Å². The summed E-state index contributed by atoms with van der Waals surface area (Å²) in [6, 6.07) is 0.350. The van der Waals surface area contributed by atoms with Gasteiger partial charge >= 0.3 is 0 Å². The van der Waals surface area contributed by atoms with Crippen molar-refractivity contribution in [2.24, 2.45) is 0 Å². The van der Waals surface area contributed by atoms with Gasteiger partial charge in [0.05, 0.1) is 5.25 Å². The van der Waals surface area contributed by atoms with Crippen molar-refractivity contribution in [3.05, 3.63) is 0 Å².